The number of hydrogen-bond donors (Lipinski definition) is 2. The number of nitrogens with one attached hydrogen (secondary N) is 1. The molecule has 1 aromatic heterocycles. The molecular weight excluding hydrogens is 363 g/mol. The van der Waals surface area contributed by atoms with Crippen LogP contribution in [-0.4, -0.2) is 35.3 Å². The first-order valence-corrected chi connectivity index (χ1v) is 8.64. The van der Waals surface area contributed by atoms with Crippen LogP contribution in [0.3, 0.4) is 0 Å². The van der Waals surface area contributed by atoms with Crippen molar-refractivity contribution in [3.8, 4) is 5.75 Å². The Kier molecular flexibility index (Phi) is 7.50. The summed E-state index contributed by atoms with van der Waals surface area (Å²) in [6, 6.07) is 10.4. The summed E-state index contributed by atoms with van der Waals surface area (Å²) >= 11 is 11.8. The minimum atomic E-state index is -0.719. The molecule has 0 aliphatic heterocycles. The predicted molar refractivity (Wildman–Crippen MR) is 98.1 cm³/mol. The second kappa shape index (κ2) is 9.61. The van der Waals surface area contributed by atoms with Gasteiger partial charge in [-0.3, -0.25) is 9.78 Å². The van der Waals surface area contributed by atoms with Crippen molar-refractivity contribution in [3.05, 3.63) is 58.3 Å². The number of pyridine rings is 1. The number of benzene rings is 1. The van der Waals surface area contributed by atoms with Crippen LogP contribution in [0.4, 0.5) is 0 Å². The number of aromatic nitrogens is 1. The lowest BCUT2D eigenvalue weighted by Gasteiger charge is -2.18. The molecule has 0 bridgehead atoms. The number of halogens is 2. The molecule has 0 aliphatic carbocycles. The molecule has 1 heterocycles. The van der Waals surface area contributed by atoms with Crippen molar-refractivity contribution >= 4 is 29.1 Å². The number of aliphatic hydroxyl groups excluding tert-OH is 1. The Balaban J connectivity index is 1.85. The summed E-state index contributed by atoms with van der Waals surface area (Å²) in [6.07, 6.45) is 1.56. The molecular formula is C18H20Cl2N2O3. The highest BCUT2D eigenvalue weighted by molar-refractivity contribution is 6.34. The number of rotatable bonds is 8. The lowest BCUT2D eigenvalue weighted by Crippen LogP contribution is -2.40. The zero-order valence-electron chi connectivity index (χ0n) is 13.8. The molecule has 0 radical (unpaired) electrons. The SMILES string of the molecule is C[C@H](Oc1cc(Cl)cc(Cl)c1)C(=O)NC[C@@H](CO)Cc1ccccn1. The van der Waals surface area contributed by atoms with Gasteiger partial charge in [0.2, 0.25) is 0 Å². The van der Waals surface area contributed by atoms with E-state index in [-0.39, 0.29) is 18.4 Å². The van der Waals surface area contributed by atoms with Gasteiger partial charge in [0.05, 0.1) is 0 Å². The van der Waals surface area contributed by atoms with Gasteiger partial charge in [0, 0.05) is 41.0 Å². The molecule has 2 atom stereocenters. The van der Waals surface area contributed by atoms with Gasteiger partial charge in [-0.2, -0.15) is 0 Å². The van der Waals surface area contributed by atoms with E-state index in [1.165, 1.54) is 0 Å². The van der Waals surface area contributed by atoms with Crippen molar-refractivity contribution < 1.29 is 14.6 Å². The Morgan fingerprint density at radius 3 is 2.60 bits per heavy atom. The van der Waals surface area contributed by atoms with E-state index in [4.69, 9.17) is 27.9 Å². The number of carbonyl (C=O) groups excluding carboxylic acids is 1. The summed E-state index contributed by atoms with van der Waals surface area (Å²) in [5, 5.41) is 13.2. The fourth-order valence-corrected chi connectivity index (χ4v) is 2.76. The summed E-state index contributed by atoms with van der Waals surface area (Å²) in [6.45, 7) is 1.92. The predicted octanol–water partition coefficient (Wildman–Crippen LogP) is 3.12. The van der Waals surface area contributed by atoms with Crippen molar-refractivity contribution in [1.29, 1.82) is 0 Å². The number of amides is 1. The molecule has 0 fully saturated rings. The molecule has 5 nitrogen and oxygen atoms in total. The monoisotopic (exact) mass is 382 g/mol. The van der Waals surface area contributed by atoms with E-state index in [1.54, 1.807) is 31.3 Å². The number of ether oxygens (including phenoxy) is 1. The lowest BCUT2D eigenvalue weighted by molar-refractivity contribution is -0.127. The lowest BCUT2D eigenvalue weighted by atomic mass is 10.0. The highest BCUT2D eigenvalue weighted by Crippen LogP contribution is 2.24. The maximum atomic E-state index is 12.2. The highest BCUT2D eigenvalue weighted by atomic mass is 35.5. The molecule has 0 saturated carbocycles. The van der Waals surface area contributed by atoms with E-state index < -0.39 is 6.10 Å². The largest absolute Gasteiger partial charge is 0.481 e. The fraction of sp³-hybridized carbons (Fsp3) is 0.333. The Morgan fingerprint density at radius 1 is 1.28 bits per heavy atom. The van der Waals surface area contributed by atoms with E-state index in [0.717, 1.165) is 5.69 Å². The van der Waals surface area contributed by atoms with Gasteiger partial charge < -0.3 is 15.2 Å². The summed E-state index contributed by atoms with van der Waals surface area (Å²) in [4.78, 5) is 16.4. The summed E-state index contributed by atoms with van der Waals surface area (Å²) < 4.78 is 5.57. The Bertz CT molecular complexity index is 678. The zero-order valence-corrected chi connectivity index (χ0v) is 15.3. The molecule has 0 unspecified atom stereocenters. The second-order valence-electron chi connectivity index (χ2n) is 5.68. The maximum absolute atomic E-state index is 12.2. The third kappa shape index (κ3) is 6.53. The van der Waals surface area contributed by atoms with Crippen LogP contribution in [0.25, 0.3) is 0 Å². The first-order valence-electron chi connectivity index (χ1n) is 7.89. The molecule has 1 amide bonds. The Hall–Kier alpha value is -1.82. The van der Waals surface area contributed by atoms with Crippen molar-refractivity contribution in [3.63, 3.8) is 0 Å². The fourth-order valence-electron chi connectivity index (χ4n) is 2.26. The molecule has 7 heteroatoms. The maximum Gasteiger partial charge on any atom is 0.260 e. The van der Waals surface area contributed by atoms with Crippen molar-refractivity contribution in [2.24, 2.45) is 5.92 Å². The molecule has 0 spiro atoms. The smallest absolute Gasteiger partial charge is 0.260 e. The molecule has 2 aromatic rings. The molecule has 0 saturated heterocycles. The van der Waals surface area contributed by atoms with Gasteiger partial charge in [-0.05, 0) is 43.7 Å². The molecule has 134 valence electrons. The zero-order chi connectivity index (χ0) is 18.2. The number of carbonyl (C=O) groups is 1. The quantitative estimate of drug-likeness (QED) is 0.735. The number of aliphatic hydroxyl groups is 1. The van der Waals surface area contributed by atoms with Gasteiger partial charge in [-0.1, -0.05) is 29.3 Å². The van der Waals surface area contributed by atoms with Crippen LogP contribution < -0.4 is 10.1 Å². The van der Waals surface area contributed by atoms with Gasteiger partial charge in [-0.25, -0.2) is 0 Å². The van der Waals surface area contributed by atoms with Gasteiger partial charge in [0.15, 0.2) is 6.10 Å². The van der Waals surface area contributed by atoms with Crippen molar-refractivity contribution in [1.82, 2.24) is 10.3 Å². The van der Waals surface area contributed by atoms with Crippen LogP contribution in [0.5, 0.6) is 5.75 Å². The second-order valence-corrected chi connectivity index (χ2v) is 6.56. The number of nitrogens with zero attached hydrogens (tertiary/aromatic N) is 1. The first kappa shape index (κ1) is 19.5. The van der Waals surface area contributed by atoms with Crippen LogP contribution in [0.1, 0.15) is 12.6 Å². The molecule has 2 N–H and O–H groups in total. The minimum Gasteiger partial charge on any atom is -0.481 e. The minimum absolute atomic E-state index is 0.0456. The van der Waals surface area contributed by atoms with Crippen LogP contribution in [0.2, 0.25) is 10.0 Å². The molecule has 0 aliphatic rings. The van der Waals surface area contributed by atoms with Crippen molar-refractivity contribution in [2.75, 3.05) is 13.2 Å². The Morgan fingerprint density at radius 2 is 2.00 bits per heavy atom. The van der Waals surface area contributed by atoms with E-state index >= 15 is 0 Å². The van der Waals surface area contributed by atoms with E-state index in [9.17, 15) is 9.90 Å². The first-order chi connectivity index (χ1) is 12.0. The summed E-state index contributed by atoms with van der Waals surface area (Å²) in [5.41, 5.74) is 0.869. The third-order valence-corrected chi connectivity index (χ3v) is 4.00. The average molecular weight is 383 g/mol. The van der Waals surface area contributed by atoms with E-state index in [2.05, 4.69) is 10.3 Å². The number of hydrogen-bond acceptors (Lipinski definition) is 4. The summed E-state index contributed by atoms with van der Waals surface area (Å²) in [5.74, 6) is 0.0228. The third-order valence-electron chi connectivity index (χ3n) is 3.57. The summed E-state index contributed by atoms with van der Waals surface area (Å²) in [7, 11) is 0. The highest BCUT2D eigenvalue weighted by Gasteiger charge is 2.17. The average Bonchev–Trinajstić information content (AvgIpc) is 2.58. The van der Waals surface area contributed by atoms with Crippen LogP contribution in [-0.2, 0) is 11.2 Å². The van der Waals surface area contributed by atoms with Gasteiger partial charge in [0.1, 0.15) is 5.75 Å². The van der Waals surface area contributed by atoms with E-state index in [1.807, 2.05) is 18.2 Å². The van der Waals surface area contributed by atoms with Crippen LogP contribution in [0, 0.1) is 5.92 Å². The molecule has 2 rings (SSSR count). The molecule has 25 heavy (non-hydrogen) atoms. The van der Waals surface area contributed by atoms with Gasteiger partial charge in [-0.15, -0.1) is 0 Å². The van der Waals surface area contributed by atoms with Crippen LogP contribution in [0.15, 0.2) is 42.6 Å². The van der Waals surface area contributed by atoms with E-state index in [0.29, 0.717) is 28.8 Å². The topological polar surface area (TPSA) is 71.5 Å². The normalized spacial score (nSPS) is 13.1. The molecule has 1 aromatic carbocycles. The Labute approximate surface area is 156 Å². The van der Waals surface area contributed by atoms with Crippen molar-refractivity contribution in [2.45, 2.75) is 19.4 Å². The van der Waals surface area contributed by atoms with Gasteiger partial charge >= 0.3 is 0 Å². The van der Waals surface area contributed by atoms with Gasteiger partial charge in [0.25, 0.3) is 5.91 Å². The van der Waals surface area contributed by atoms with Crippen LogP contribution >= 0.6 is 23.2 Å². The standard InChI is InChI=1S/C18H20Cl2N2O3/c1-12(25-17-8-14(19)7-15(20)9-17)18(24)22-10-13(11-23)6-16-4-2-3-5-21-16/h2-5,7-9,12-13,23H,6,10-11H2,1H3,(H,22,24)/t12-,13-/m0/s1.